The Morgan fingerprint density at radius 1 is 0.762 bits per heavy atom. The minimum absolute atomic E-state index is 0.335. The lowest BCUT2D eigenvalue weighted by molar-refractivity contribution is -0.119. The van der Waals surface area contributed by atoms with E-state index < -0.39 is 0 Å². The van der Waals surface area contributed by atoms with Crippen LogP contribution in [-0.2, 0) is 9.59 Å². The molecule has 1 aliphatic rings. The Bertz CT molecular complexity index is 702. The van der Waals surface area contributed by atoms with E-state index in [0.717, 1.165) is 9.80 Å². The molecule has 0 bridgehead atoms. The van der Waals surface area contributed by atoms with Crippen LogP contribution in [0.5, 0.6) is 11.5 Å². The molecule has 0 N–H and O–H groups in total. The first-order valence-corrected chi connectivity index (χ1v) is 6.71. The number of rotatable bonds is 3. The van der Waals surface area contributed by atoms with Gasteiger partial charge < -0.3 is 4.74 Å². The van der Waals surface area contributed by atoms with Gasteiger partial charge in [0.25, 0.3) is 11.8 Å². The average molecular weight is 297 g/mol. The second-order valence-electron chi connectivity index (χ2n) is 4.44. The molecule has 2 amide bonds. The molecule has 21 heavy (non-hydrogen) atoms. The molecule has 104 valence electrons. The van der Waals surface area contributed by atoms with Gasteiger partial charge in [-0.2, -0.15) is 0 Å². The quantitative estimate of drug-likeness (QED) is 0.699. The van der Waals surface area contributed by atoms with E-state index in [2.05, 4.69) is 12.6 Å². The van der Waals surface area contributed by atoms with Gasteiger partial charge in [-0.3, -0.25) is 9.59 Å². The number of carbonyl (C=O) groups excluding carboxylic acids is 2. The van der Waals surface area contributed by atoms with Gasteiger partial charge in [0.05, 0.1) is 5.69 Å². The van der Waals surface area contributed by atoms with Gasteiger partial charge in [-0.25, -0.2) is 4.90 Å². The van der Waals surface area contributed by atoms with Crippen LogP contribution in [0.1, 0.15) is 0 Å². The van der Waals surface area contributed by atoms with Crippen molar-refractivity contribution >= 4 is 30.1 Å². The lowest BCUT2D eigenvalue weighted by Gasteiger charge is -2.14. The number of nitrogens with zero attached hydrogens (tertiary/aromatic N) is 1. The summed E-state index contributed by atoms with van der Waals surface area (Å²) in [7, 11) is 0. The van der Waals surface area contributed by atoms with Crippen molar-refractivity contribution in [2.24, 2.45) is 0 Å². The highest BCUT2D eigenvalue weighted by atomic mass is 32.1. The molecule has 0 fully saturated rings. The van der Waals surface area contributed by atoms with Crippen LogP contribution in [0.15, 0.2) is 65.6 Å². The van der Waals surface area contributed by atoms with Gasteiger partial charge in [-0.05, 0) is 48.5 Å². The van der Waals surface area contributed by atoms with Gasteiger partial charge in [0.15, 0.2) is 0 Å². The molecular formula is C16H11NO3S. The molecule has 1 aliphatic heterocycles. The summed E-state index contributed by atoms with van der Waals surface area (Å²) in [5.74, 6) is 0.643. The monoisotopic (exact) mass is 297 g/mol. The Hall–Kier alpha value is -2.53. The smallest absolute Gasteiger partial charge is 0.258 e. The zero-order valence-electron chi connectivity index (χ0n) is 10.9. The summed E-state index contributed by atoms with van der Waals surface area (Å²) in [6.07, 6.45) is 2.51. The molecule has 0 saturated heterocycles. The highest BCUT2D eigenvalue weighted by Gasteiger charge is 2.24. The molecule has 3 rings (SSSR count). The third-order valence-corrected chi connectivity index (χ3v) is 3.27. The maximum atomic E-state index is 11.6. The Morgan fingerprint density at radius 2 is 1.24 bits per heavy atom. The van der Waals surface area contributed by atoms with Gasteiger partial charge >= 0.3 is 0 Å². The Morgan fingerprint density at radius 3 is 1.76 bits per heavy atom. The number of carbonyl (C=O) groups is 2. The fourth-order valence-corrected chi connectivity index (χ4v) is 2.12. The van der Waals surface area contributed by atoms with Crippen molar-refractivity contribution in [3.63, 3.8) is 0 Å². The number of imide groups is 1. The lowest BCUT2D eigenvalue weighted by Crippen LogP contribution is -2.29. The van der Waals surface area contributed by atoms with E-state index in [9.17, 15) is 9.59 Å². The number of amides is 2. The van der Waals surface area contributed by atoms with E-state index in [-0.39, 0.29) is 11.8 Å². The molecule has 0 radical (unpaired) electrons. The zero-order valence-corrected chi connectivity index (χ0v) is 11.8. The summed E-state index contributed by atoms with van der Waals surface area (Å²) in [6, 6.07) is 14.1. The zero-order chi connectivity index (χ0) is 14.8. The number of hydrogen-bond donors (Lipinski definition) is 1. The first kappa shape index (κ1) is 13.5. The largest absolute Gasteiger partial charge is 0.457 e. The van der Waals surface area contributed by atoms with E-state index in [4.69, 9.17) is 4.74 Å². The van der Waals surface area contributed by atoms with Gasteiger partial charge in [0, 0.05) is 17.0 Å². The van der Waals surface area contributed by atoms with Crippen molar-refractivity contribution < 1.29 is 14.3 Å². The second-order valence-corrected chi connectivity index (χ2v) is 4.95. The number of anilines is 1. The molecule has 0 atom stereocenters. The summed E-state index contributed by atoms with van der Waals surface area (Å²) >= 11 is 4.21. The average Bonchev–Trinajstić information content (AvgIpc) is 2.82. The van der Waals surface area contributed by atoms with Crippen molar-refractivity contribution in [3.8, 4) is 11.5 Å². The van der Waals surface area contributed by atoms with Gasteiger partial charge in [0.1, 0.15) is 11.5 Å². The number of thiol groups is 1. The summed E-state index contributed by atoms with van der Waals surface area (Å²) in [6.45, 7) is 0. The SMILES string of the molecule is O=C1C=CC(=O)N1c1ccc(Oc2ccc(S)cc2)cc1. The first-order valence-electron chi connectivity index (χ1n) is 6.26. The summed E-state index contributed by atoms with van der Waals surface area (Å²) < 4.78 is 5.67. The van der Waals surface area contributed by atoms with Crippen LogP contribution in [-0.4, -0.2) is 11.8 Å². The maximum absolute atomic E-state index is 11.6. The third-order valence-electron chi connectivity index (χ3n) is 2.98. The normalized spacial score (nSPS) is 13.9. The highest BCUT2D eigenvalue weighted by Crippen LogP contribution is 2.26. The van der Waals surface area contributed by atoms with Crippen LogP contribution in [0.25, 0.3) is 0 Å². The predicted octanol–water partition coefficient (Wildman–Crippen LogP) is 3.20. The highest BCUT2D eigenvalue weighted by molar-refractivity contribution is 7.80. The van der Waals surface area contributed by atoms with Crippen LogP contribution in [0.2, 0.25) is 0 Å². The standard InChI is InChI=1S/C16H11NO3S/c18-15-9-10-16(19)17(15)11-1-3-12(4-2-11)20-13-5-7-14(21)8-6-13/h1-10,21H. The van der Waals surface area contributed by atoms with Gasteiger partial charge in [0.2, 0.25) is 0 Å². The van der Waals surface area contributed by atoms with E-state index in [1.807, 2.05) is 24.3 Å². The summed E-state index contributed by atoms with van der Waals surface area (Å²) in [5.41, 5.74) is 0.521. The van der Waals surface area contributed by atoms with Crippen LogP contribution in [0.4, 0.5) is 5.69 Å². The second kappa shape index (κ2) is 5.46. The van der Waals surface area contributed by atoms with Crippen LogP contribution in [0.3, 0.4) is 0 Å². The Labute approximate surface area is 127 Å². The molecule has 0 saturated carbocycles. The molecule has 5 heteroatoms. The Balaban J connectivity index is 1.77. The van der Waals surface area contributed by atoms with Crippen LogP contribution < -0.4 is 9.64 Å². The molecule has 2 aromatic rings. The fourth-order valence-electron chi connectivity index (χ4n) is 1.97. The van der Waals surface area contributed by atoms with E-state index >= 15 is 0 Å². The molecule has 0 aliphatic carbocycles. The summed E-state index contributed by atoms with van der Waals surface area (Å²) in [5, 5.41) is 0. The fraction of sp³-hybridized carbons (Fsp3) is 0. The topological polar surface area (TPSA) is 46.6 Å². The number of ether oxygens (including phenoxy) is 1. The van der Waals surface area contributed by atoms with Gasteiger partial charge in [-0.1, -0.05) is 0 Å². The minimum Gasteiger partial charge on any atom is -0.457 e. The minimum atomic E-state index is -0.335. The van der Waals surface area contributed by atoms with Crippen LogP contribution in [0, 0.1) is 0 Å². The maximum Gasteiger partial charge on any atom is 0.258 e. The third kappa shape index (κ3) is 2.83. The van der Waals surface area contributed by atoms with Crippen molar-refractivity contribution in [1.82, 2.24) is 0 Å². The molecule has 1 heterocycles. The first-order chi connectivity index (χ1) is 10.1. The Kier molecular flexibility index (Phi) is 3.50. The molecule has 2 aromatic carbocycles. The van der Waals surface area contributed by atoms with E-state index in [1.54, 1.807) is 24.3 Å². The van der Waals surface area contributed by atoms with E-state index in [0.29, 0.717) is 17.2 Å². The van der Waals surface area contributed by atoms with Crippen molar-refractivity contribution in [2.45, 2.75) is 4.90 Å². The lowest BCUT2D eigenvalue weighted by atomic mass is 10.2. The molecule has 0 spiro atoms. The van der Waals surface area contributed by atoms with Crippen molar-refractivity contribution in [3.05, 3.63) is 60.7 Å². The predicted molar refractivity (Wildman–Crippen MR) is 81.8 cm³/mol. The molecular weight excluding hydrogens is 286 g/mol. The van der Waals surface area contributed by atoms with Gasteiger partial charge in [-0.15, -0.1) is 12.6 Å². The van der Waals surface area contributed by atoms with Crippen molar-refractivity contribution in [2.75, 3.05) is 4.90 Å². The molecule has 0 aromatic heterocycles. The number of benzene rings is 2. The molecule has 0 unspecified atom stereocenters. The summed E-state index contributed by atoms with van der Waals surface area (Å²) in [4.78, 5) is 25.1. The van der Waals surface area contributed by atoms with Crippen LogP contribution >= 0.6 is 12.6 Å². The van der Waals surface area contributed by atoms with Crippen molar-refractivity contribution in [1.29, 1.82) is 0 Å². The molecule has 4 nitrogen and oxygen atoms in total. The number of hydrogen-bond acceptors (Lipinski definition) is 4. The van der Waals surface area contributed by atoms with E-state index in [1.165, 1.54) is 12.2 Å².